The van der Waals surface area contributed by atoms with Gasteiger partial charge in [0.25, 0.3) is 5.91 Å². The molecule has 1 N–H and O–H groups in total. The number of hydrogen-bond acceptors (Lipinski definition) is 3. The molecule has 2 bridgehead atoms. The zero-order valence-corrected chi connectivity index (χ0v) is 15.4. The zero-order chi connectivity index (χ0) is 17.3. The number of rotatable bonds is 5. The van der Waals surface area contributed by atoms with Crippen molar-refractivity contribution in [1.82, 2.24) is 10.2 Å². The zero-order valence-electron chi connectivity index (χ0n) is 14.6. The molecule has 2 aliphatic rings. The minimum Gasteiger partial charge on any atom is -0.347 e. The number of likely N-dealkylation sites (tertiary alicyclic amines) is 1. The summed E-state index contributed by atoms with van der Waals surface area (Å²) >= 11 is 1.69. The maximum Gasteiger partial charge on any atom is 0.252 e. The fraction of sp³-hybridized carbons (Fsp3) is 0.579. The first-order valence-corrected chi connectivity index (χ1v) is 9.83. The average molecular weight is 346 g/mol. The number of thioether (sulfide) groups is 1. The van der Waals surface area contributed by atoms with Crippen molar-refractivity contribution in [3.05, 3.63) is 29.8 Å². The number of benzene rings is 1. The Morgan fingerprint density at radius 2 is 2.04 bits per heavy atom. The van der Waals surface area contributed by atoms with Crippen LogP contribution in [0.1, 0.15) is 44.0 Å². The van der Waals surface area contributed by atoms with Crippen LogP contribution < -0.4 is 5.32 Å². The molecule has 0 spiro atoms. The normalized spacial score (nSPS) is 25.3. The minimum absolute atomic E-state index is 0.0129. The van der Waals surface area contributed by atoms with Crippen molar-refractivity contribution in [2.75, 3.05) is 12.3 Å². The van der Waals surface area contributed by atoms with Crippen molar-refractivity contribution < 1.29 is 9.59 Å². The van der Waals surface area contributed by atoms with E-state index < -0.39 is 0 Å². The molecule has 1 aliphatic carbocycles. The van der Waals surface area contributed by atoms with Crippen LogP contribution in [0, 0.1) is 11.8 Å². The van der Waals surface area contributed by atoms with Crippen molar-refractivity contribution in [2.45, 2.75) is 50.6 Å². The van der Waals surface area contributed by atoms with Crippen molar-refractivity contribution in [3.8, 4) is 0 Å². The molecule has 1 heterocycles. The molecule has 3 atom stereocenters. The highest BCUT2D eigenvalue weighted by atomic mass is 32.2. The molecule has 1 aromatic carbocycles. The highest BCUT2D eigenvalue weighted by Crippen LogP contribution is 2.38. The van der Waals surface area contributed by atoms with Crippen LogP contribution in [0.3, 0.4) is 0 Å². The van der Waals surface area contributed by atoms with E-state index in [1.807, 2.05) is 43.0 Å². The summed E-state index contributed by atoms with van der Waals surface area (Å²) < 4.78 is 0. The van der Waals surface area contributed by atoms with Gasteiger partial charge in [-0.15, -0.1) is 11.8 Å². The van der Waals surface area contributed by atoms with Gasteiger partial charge in [0, 0.05) is 23.4 Å². The van der Waals surface area contributed by atoms with Crippen LogP contribution in [0.25, 0.3) is 0 Å². The monoisotopic (exact) mass is 346 g/mol. The van der Waals surface area contributed by atoms with Crippen LogP contribution in [0.5, 0.6) is 0 Å². The SMILES string of the molecule is CCSc1ccccc1C(=O)N[C@@H]1C[C@@H]2C[C@H]1N(C(=O)C(C)C)C2. The van der Waals surface area contributed by atoms with Gasteiger partial charge >= 0.3 is 0 Å². The minimum atomic E-state index is -0.0129. The number of fused-ring (bicyclic) bond motifs is 2. The van der Waals surface area contributed by atoms with Gasteiger partial charge in [-0.2, -0.15) is 0 Å². The van der Waals surface area contributed by atoms with Gasteiger partial charge < -0.3 is 10.2 Å². The number of hydrogen-bond donors (Lipinski definition) is 1. The predicted molar refractivity (Wildman–Crippen MR) is 97.2 cm³/mol. The number of carbonyl (C=O) groups excluding carboxylic acids is 2. The van der Waals surface area contributed by atoms with Gasteiger partial charge in [-0.25, -0.2) is 0 Å². The summed E-state index contributed by atoms with van der Waals surface area (Å²) in [4.78, 5) is 28.2. The van der Waals surface area contributed by atoms with Crippen LogP contribution in [0.2, 0.25) is 0 Å². The van der Waals surface area contributed by atoms with Crippen molar-refractivity contribution in [2.24, 2.45) is 11.8 Å². The summed E-state index contributed by atoms with van der Waals surface area (Å²) in [6.07, 6.45) is 2.01. The summed E-state index contributed by atoms with van der Waals surface area (Å²) in [7, 11) is 0. The number of amides is 2. The van der Waals surface area contributed by atoms with E-state index in [2.05, 4.69) is 12.2 Å². The molecule has 0 aromatic heterocycles. The molecule has 130 valence electrons. The molecule has 24 heavy (non-hydrogen) atoms. The van der Waals surface area contributed by atoms with E-state index in [-0.39, 0.29) is 29.8 Å². The molecule has 2 amide bonds. The van der Waals surface area contributed by atoms with E-state index in [1.54, 1.807) is 11.8 Å². The molecular formula is C19H26N2O2S. The van der Waals surface area contributed by atoms with Crippen LogP contribution in [0.15, 0.2) is 29.2 Å². The van der Waals surface area contributed by atoms with Crippen LogP contribution >= 0.6 is 11.8 Å². The molecule has 0 unspecified atom stereocenters. The quantitative estimate of drug-likeness (QED) is 0.833. The van der Waals surface area contributed by atoms with E-state index in [4.69, 9.17) is 0 Å². The molecule has 2 fully saturated rings. The second-order valence-electron chi connectivity index (χ2n) is 7.06. The van der Waals surface area contributed by atoms with Gasteiger partial charge in [-0.3, -0.25) is 9.59 Å². The summed E-state index contributed by atoms with van der Waals surface area (Å²) in [5.41, 5.74) is 0.744. The molecule has 4 nitrogen and oxygen atoms in total. The van der Waals surface area contributed by atoms with E-state index in [1.165, 1.54) is 0 Å². The first-order chi connectivity index (χ1) is 11.5. The molecule has 1 aliphatic heterocycles. The highest BCUT2D eigenvalue weighted by molar-refractivity contribution is 7.99. The van der Waals surface area contributed by atoms with Crippen LogP contribution in [-0.2, 0) is 4.79 Å². The summed E-state index contributed by atoms with van der Waals surface area (Å²) in [5.74, 6) is 1.69. The Kier molecular flexibility index (Phi) is 5.18. The predicted octanol–water partition coefficient (Wildman–Crippen LogP) is 3.17. The Morgan fingerprint density at radius 3 is 2.71 bits per heavy atom. The molecule has 1 saturated carbocycles. The average Bonchev–Trinajstić information content (AvgIpc) is 3.14. The lowest BCUT2D eigenvalue weighted by atomic mass is 10.0. The van der Waals surface area contributed by atoms with Crippen molar-refractivity contribution >= 4 is 23.6 Å². The second kappa shape index (κ2) is 7.18. The largest absolute Gasteiger partial charge is 0.347 e. The first kappa shape index (κ1) is 17.3. The van der Waals surface area contributed by atoms with Gasteiger partial charge in [0.05, 0.1) is 11.6 Å². The molecule has 1 saturated heterocycles. The third-order valence-electron chi connectivity index (χ3n) is 5.01. The number of piperidine rings is 1. The molecule has 3 rings (SSSR count). The number of nitrogens with one attached hydrogen (secondary N) is 1. The fourth-order valence-electron chi connectivity index (χ4n) is 3.95. The maximum atomic E-state index is 12.8. The van der Waals surface area contributed by atoms with E-state index in [9.17, 15) is 9.59 Å². The van der Waals surface area contributed by atoms with Gasteiger partial charge in [-0.05, 0) is 36.6 Å². The third kappa shape index (κ3) is 3.32. The molecule has 5 heteroatoms. The van der Waals surface area contributed by atoms with Gasteiger partial charge in [0.15, 0.2) is 0 Å². The number of carbonyl (C=O) groups is 2. The summed E-state index contributed by atoms with van der Waals surface area (Å²) in [5, 5.41) is 3.20. The Bertz CT molecular complexity index is 632. The Morgan fingerprint density at radius 1 is 1.29 bits per heavy atom. The van der Waals surface area contributed by atoms with Gasteiger partial charge in [0.1, 0.15) is 0 Å². The molecular weight excluding hydrogens is 320 g/mol. The van der Waals surface area contributed by atoms with Gasteiger partial charge in [0.2, 0.25) is 5.91 Å². The molecule has 1 aromatic rings. The highest BCUT2D eigenvalue weighted by Gasteiger charge is 2.47. The van der Waals surface area contributed by atoms with Crippen LogP contribution in [-0.4, -0.2) is 41.1 Å². The third-order valence-corrected chi connectivity index (χ3v) is 5.96. The lowest BCUT2D eigenvalue weighted by Crippen LogP contribution is -2.52. The van der Waals surface area contributed by atoms with Gasteiger partial charge in [-0.1, -0.05) is 32.9 Å². The topological polar surface area (TPSA) is 49.4 Å². The summed E-state index contributed by atoms with van der Waals surface area (Å²) in [6.45, 7) is 6.83. The Labute approximate surface area is 148 Å². The van der Waals surface area contributed by atoms with Crippen LogP contribution in [0.4, 0.5) is 0 Å². The van der Waals surface area contributed by atoms with Crippen molar-refractivity contribution in [1.29, 1.82) is 0 Å². The number of nitrogens with zero attached hydrogens (tertiary/aromatic N) is 1. The smallest absolute Gasteiger partial charge is 0.252 e. The van der Waals surface area contributed by atoms with E-state index in [0.29, 0.717) is 5.92 Å². The maximum absolute atomic E-state index is 12.8. The van der Waals surface area contributed by atoms with E-state index in [0.717, 1.165) is 35.6 Å². The lowest BCUT2D eigenvalue weighted by molar-refractivity contribution is -0.136. The second-order valence-corrected chi connectivity index (χ2v) is 8.37. The Hall–Kier alpha value is -1.49. The van der Waals surface area contributed by atoms with Crippen molar-refractivity contribution in [3.63, 3.8) is 0 Å². The standard InChI is InChI=1S/C19H26N2O2S/c1-4-24-17-8-6-5-7-14(17)18(22)20-15-9-13-10-16(15)21(11-13)19(23)12(2)3/h5-8,12-13,15-16H,4,9-11H2,1-3H3,(H,20,22)/t13-,15-,16-/m1/s1. The Balaban J connectivity index is 1.71. The lowest BCUT2D eigenvalue weighted by Gasteiger charge is -2.34. The first-order valence-electron chi connectivity index (χ1n) is 8.84. The molecule has 0 radical (unpaired) electrons. The summed E-state index contributed by atoms with van der Waals surface area (Å²) in [6, 6.07) is 8.01. The van der Waals surface area contributed by atoms with E-state index >= 15 is 0 Å². The fourth-order valence-corrected chi connectivity index (χ4v) is 4.75.